The second-order valence-electron chi connectivity index (χ2n) is 1.73. The zero-order valence-electron chi connectivity index (χ0n) is 5.46. The lowest BCUT2D eigenvalue weighted by molar-refractivity contribution is -0.118. The van der Waals surface area contributed by atoms with Gasteiger partial charge in [0.25, 0.3) is 0 Å². The summed E-state index contributed by atoms with van der Waals surface area (Å²) in [5.41, 5.74) is 7.82. The molecule has 0 atom stereocenters. The van der Waals surface area contributed by atoms with E-state index in [-0.39, 0.29) is 5.91 Å². The summed E-state index contributed by atoms with van der Waals surface area (Å²) in [5, 5.41) is 3.81. The van der Waals surface area contributed by atoms with Gasteiger partial charge in [-0.15, -0.1) is 0 Å². The average molecular weight is 206 g/mol. The summed E-state index contributed by atoms with van der Waals surface area (Å²) in [4.78, 5) is 12.9. The highest BCUT2D eigenvalue weighted by molar-refractivity contribution is 9.09. The summed E-state index contributed by atoms with van der Waals surface area (Å²) in [6, 6.07) is 0. The number of azide groups is 1. The summed E-state index contributed by atoms with van der Waals surface area (Å²) in [6.45, 7) is 0. The van der Waals surface area contributed by atoms with E-state index >= 15 is 0 Å². The zero-order valence-corrected chi connectivity index (χ0v) is 7.04. The summed E-state index contributed by atoms with van der Waals surface area (Å²) in [5.74, 6) is -0.372. The minimum Gasteiger partial charge on any atom is -0.293 e. The van der Waals surface area contributed by atoms with Gasteiger partial charge in [0.2, 0.25) is 5.91 Å². The number of amides is 1. The Labute approximate surface area is 67.4 Å². The first kappa shape index (κ1) is 9.46. The Morgan fingerprint density at radius 1 is 1.60 bits per heavy atom. The first-order chi connectivity index (χ1) is 4.81. The van der Waals surface area contributed by atoms with E-state index in [1.165, 1.54) is 0 Å². The van der Waals surface area contributed by atoms with E-state index in [9.17, 15) is 4.79 Å². The van der Waals surface area contributed by atoms with Crippen LogP contribution in [0, 0.1) is 0 Å². The van der Waals surface area contributed by atoms with Crippen LogP contribution < -0.4 is 0 Å². The van der Waals surface area contributed by atoms with Gasteiger partial charge in [-0.05, 0) is 23.5 Å². The van der Waals surface area contributed by atoms with Gasteiger partial charge in [0.15, 0.2) is 0 Å². The van der Waals surface area contributed by atoms with Crippen LogP contribution in [0.25, 0.3) is 10.4 Å². The molecule has 10 heavy (non-hydrogen) atoms. The van der Waals surface area contributed by atoms with Crippen LogP contribution in [0.1, 0.15) is 19.3 Å². The number of hydrogen-bond donors (Lipinski definition) is 0. The molecule has 0 rings (SSSR count). The minimum atomic E-state index is -0.372. The minimum absolute atomic E-state index is 0.357. The predicted octanol–water partition coefficient (Wildman–Crippen LogP) is 2.39. The summed E-state index contributed by atoms with van der Waals surface area (Å²) < 4.78 is 0. The van der Waals surface area contributed by atoms with Gasteiger partial charge in [-0.2, -0.15) is 0 Å². The van der Waals surface area contributed by atoms with Crippen LogP contribution in [-0.2, 0) is 4.79 Å². The van der Waals surface area contributed by atoms with E-state index in [1.54, 1.807) is 0 Å². The second kappa shape index (κ2) is 6.58. The molecular formula is C5H8BrN3O. The molecule has 56 valence electrons. The lowest BCUT2D eigenvalue weighted by Crippen LogP contribution is -1.90. The van der Waals surface area contributed by atoms with E-state index in [4.69, 9.17) is 5.53 Å². The molecule has 4 nitrogen and oxygen atoms in total. The molecule has 0 aromatic rings. The lowest BCUT2D eigenvalue weighted by Gasteiger charge is -1.90. The number of carbonyl (C=O) groups excluding carboxylic acids is 1. The average Bonchev–Trinajstić information content (AvgIpc) is 1.89. The van der Waals surface area contributed by atoms with Crippen molar-refractivity contribution in [3.63, 3.8) is 0 Å². The van der Waals surface area contributed by atoms with Crippen LogP contribution in [0.3, 0.4) is 0 Å². The fourth-order valence-electron chi connectivity index (χ4n) is 0.471. The van der Waals surface area contributed by atoms with Gasteiger partial charge in [-0.25, -0.2) is 0 Å². The normalized spacial score (nSPS) is 8.50. The third-order valence-electron chi connectivity index (χ3n) is 0.931. The zero-order chi connectivity index (χ0) is 7.82. The van der Waals surface area contributed by atoms with Crippen LogP contribution in [-0.4, -0.2) is 11.2 Å². The van der Waals surface area contributed by atoms with Crippen molar-refractivity contribution in [2.45, 2.75) is 19.3 Å². The summed E-state index contributed by atoms with van der Waals surface area (Å²) >= 11 is 3.22. The molecule has 0 saturated carbocycles. The van der Waals surface area contributed by atoms with Gasteiger partial charge in [0.05, 0.1) is 0 Å². The molecule has 0 aromatic carbocycles. The van der Waals surface area contributed by atoms with Crippen LogP contribution in [0.5, 0.6) is 0 Å². The van der Waals surface area contributed by atoms with Gasteiger partial charge in [-0.1, -0.05) is 15.9 Å². The van der Waals surface area contributed by atoms with E-state index < -0.39 is 0 Å². The number of nitrogens with zero attached hydrogens (tertiary/aromatic N) is 3. The second-order valence-corrected chi connectivity index (χ2v) is 2.52. The highest BCUT2D eigenvalue weighted by Gasteiger charge is 1.95. The van der Waals surface area contributed by atoms with E-state index in [0.717, 1.165) is 18.2 Å². The summed E-state index contributed by atoms with van der Waals surface area (Å²) in [7, 11) is 0. The summed E-state index contributed by atoms with van der Waals surface area (Å²) in [6.07, 6.45) is 2.07. The molecule has 0 N–H and O–H groups in total. The first-order valence-corrected chi connectivity index (χ1v) is 4.07. The molecule has 0 saturated heterocycles. The molecule has 0 radical (unpaired) electrons. The predicted molar refractivity (Wildman–Crippen MR) is 41.8 cm³/mol. The maximum atomic E-state index is 10.5. The molecule has 0 spiro atoms. The van der Waals surface area contributed by atoms with E-state index in [0.29, 0.717) is 6.42 Å². The molecule has 0 aromatic heterocycles. The number of carbonyl (C=O) groups is 1. The maximum Gasteiger partial charge on any atom is 0.218 e. The maximum absolute atomic E-state index is 10.5. The van der Waals surface area contributed by atoms with Crippen molar-refractivity contribution in [1.82, 2.24) is 0 Å². The van der Waals surface area contributed by atoms with Crippen LogP contribution >= 0.6 is 15.9 Å². The monoisotopic (exact) mass is 205 g/mol. The van der Waals surface area contributed by atoms with Crippen molar-refractivity contribution in [2.24, 2.45) is 5.11 Å². The van der Waals surface area contributed by atoms with Crippen molar-refractivity contribution in [2.75, 3.05) is 5.33 Å². The van der Waals surface area contributed by atoms with Gasteiger partial charge >= 0.3 is 0 Å². The molecule has 0 aliphatic heterocycles. The quantitative estimate of drug-likeness (QED) is 0.229. The van der Waals surface area contributed by atoms with Gasteiger partial charge in [0, 0.05) is 16.7 Å². The number of alkyl halides is 1. The van der Waals surface area contributed by atoms with Crippen molar-refractivity contribution in [3.8, 4) is 0 Å². The Bertz CT molecular complexity index is 153. The van der Waals surface area contributed by atoms with Crippen molar-refractivity contribution in [1.29, 1.82) is 0 Å². The largest absolute Gasteiger partial charge is 0.293 e. The fourth-order valence-corrected chi connectivity index (χ4v) is 0.867. The Morgan fingerprint density at radius 2 is 2.30 bits per heavy atom. The van der Waals surface area contributed by atoms with Gasteiger partial charge in [0.1, 0.15) is 0 Å². The molecule has 1 amide bonds. The third kappa shape index (κ3) is 5.59. The molecule has 0 fully saturated rings. The topological polar surface area (TPSA) is 65.8 Å². The molecule has 5 heteroatoms. The smallest absolute Gasteiger partial charge is 0.218 e. The van der Waals surface area contributed by atoms with Crippen molar-refractivity contribution < 1.29 is 4.79 Å². The molecular weight excluding hydrogens is 198 g/mol. The standard InChI is InChI=1S/C5H8BrN3O/c6-4-2-1-3-5(10)8-9-7/h1-4H2. The Morgan fingerprint density at radius 3 is 2.80 bits per heavy atom. The fraction of sp³-hybridized carbons (Fsp3) is 0.800. The van der Waals surface area contributed by atoms with Crippen LogP contribution in [0.2, 0.25) is 0 Å². The van der Waals surface area contributed by atoms with Crippen LogP contribution in [0.4, 0.5) is 0 Å². The highest BCUT2D eigenvalue weighted by Crippen LogP contribution is 1.99. The van der Waals surface area contributed by atoms with Gasteiger partial charge in [-0.3, -0.25) is 4.79 Å². The number of halogens is 1. The van der Waals surface area contributed by atoms with Crippen molar-refractivity contribution >= 4 is 21.8 Å². The Hall–Kier alpha value is -0.540. The van der Waals surface area contributed by atoms with Crippen LogP contribution in [0.15, 0.2) is 5.11 Å². The SMILES string of the molecule is [N-]=[N+]=NC(=O)CCCCBr. The van der Waals surface area contributed by atoms with Crippen molar-refractivity contribution in [3.05, 3.63) is 10.4 Å². The molecule has 0 aliphatic carbocycles. The number of unbranched alkanes of at least 4 members (excludes halogenated alkanes) is 1. The Balaban J connectivity index is 3.31. The van der Waals surface area contributed by atoms with E-state index in [1.807, 2.05) is 0 Å². The third-order valence-corrected chi connectivity index (χ3v) is 1.49. The molecule has 0 aliphatic rings. The lowest BCUT2D eigenvalue weighted by atomic mass is 10.2. The first-order valence-electron chi connectivity index (χ1n) is 2.95. The van der Waals surface area contributed by atoms with E-state index in [2.05, 4.69) is 26.0 Å². The molecule has 0 unspecified atom stereocenters. The van der Waals surface area contributed by atoms with Gasteiger partial charge < -0.3 is 0 Å². The highest BCUT2D eigenvalue weighted by atomic mass is 79.9. The number of hydrogen-bond acceptors (Lipinski definition) is 1. The molecule has 0 bridgehead atoms. The molecule has 0 heterocycles. The number of rotatable bonds is 4. The Kier molecular flexibility index (Phi) is 6.22.